The van der Waals surface area contributed by atoms with Gasteiger partial charge in [0, 0.05) is 37.3 Å². The summed E-state index contributed by atoms with van der Waals surface area (Å²) in [5, 5.41) is 8.51. The Bertz CT molecular complexity index is 1050. The van der Waals surface area contributed by atoms with Crippen LogP contribution in [0.5, 0.6) is 0 Å². The van der Waals surface area contributed by atoms with Crippen molar-refractivity contribution in [2.75, 3.05) is 30.3 Å². The van der Waals surface area contributed by atoms with Gasteiger partial charge in [0.2, 0.25) is 11.8 Å². The van der Waals surface area contributed by atoms with E-state index in [0.717, 1.165) is 25.7 Å². The average Bonchev–Trinajstić information content (AvgIpc) is 3.24. The molecule has 2 aromatic rings. The van der Waals surface area contributed by atoms with Crippen molar-refractivity contribution in [3.8, 4) is 0 Å². The van der Waals surface area contributed by atoms with Gasteiger partial charge >= 0.3 is 0 Å². The van der Waals surface area contributed by atoms with Crippen molar-refractivity contribution >= 4 is 35.0 Å². The second kappa shape index (κ2) is 12.7. The highest BCUT2D eigenvalue weighted by Gasteiger charge is 2.33. The Morgan fingerprint density at radius 3 is 2.34 bits per heavy atom. The van der Waals surface area contributed by atoms with Gasteiger partial charge in [-0.15, -0.1) is 0 Å². The highest BCUT2D eigenvalue weighted by atomic mass is 16.2. The van der Waals surface area contributed by atoms with Crippen molar-refractivity contribution < 1.29 is 19.2 Å². The van der Waals surface area contributed by atoms with Crippen LogP contribution in [-0.2, 0) is 9.59 Å². The molecule has 0 radical (unpaired) electrons. The maximum Gasteiger partial charge on any atom is 0.255 e. The van der Waals surface area contributed by atoms with Crippen molar-refractivity contribution in [2.24, 2.45) is 5.92 Å². The van der Waals surface area contributed by atoms with Crippen LogP contribution in [0.1, 0.15) is 66.7 Å². The standard InChI is InChI=1S/C27H34N4O4/c1-3-5-15-28-27(35)22-9-7-8-10-23(22)30-25(33)19-11-13-21(14-12-19)29-26(34)20-17-24(32)31(18-20)16-6-4-2/h7-14,20H,3-6,15-18H2,1-2H3,(H,28,35)(H,29,34)(H,30,33)/t20-/m1/s1. The third-order valence-electron chi connectivity index (χ3n) is 6.02. The van der Waals surface area contributed by atoms with Crippen LogP contribution >= 0.6 is 0 Å². The molecule has 1 aliphatic heterocycles. The molecule has 1 atom stereocenters. The van der Waals surface area contributed by atoms with Gasteiger partial charge in [-0.25, -0.2) is 0 Å². The van der Waals surface area contributed by atoms with Gasteiger partial charge in [0.05, 0.1) is 17.2 Å². The number of nitrogens with one attached hydrogen (secondary N) is 3. The molecule has 0 aliphatic carbocycles. The molecule has 0 spiro atoms. The Morgan fingerprint density at radius 1 is 0.914 bits per heavy atom. The number of hydrogen-bond donors (Lipinski definition) is 3. The van der Waals surface area contributed by atoms with E-state index in [0.29, 0.717) is 42.1 Å². The summed E-state index contributed by atoms with van der Waals surface area (Å²) in [5.41, 5.74) is 1.79. The highest BCUT2D eigenvalue weighted by Crippen LogP contribution is 2.21. The highest BCUT2D eigenvalue weighted by molar-refractivity contribution is 6.09. The summed E-state index contributed by atoms with van der Waals surface area (Å²) >= 11 is 0. The number of nitrogens with zero attached hydrogens (tertiary/aromatic N) is 1. The van der Waals surface area contributed by atoms with Crippen LogP contribution in [0.2, 0.25) is 0 Å². The molecule has 8 heteroatoms. The van der Waals surface area contributed by atoms with E-state index in [1.54, 1.807) is 53.4 Å². The van der Waals surface area contributed by atoms with E-state index >= 15 is 0 Å². The summed E-state index contributed by atoms with van der Waals surface area (Å²) < 4.78 is 0. The van der Waals surface area contributed by atoms with E-state index in [1.165, 1.54) is 0 Å². The van der Waals surface area contributed by atoms with Gasteiger partial charge in [-0.2, -0.15) is 0 Å². The fraction of sp³-hybridized carbons (Fsp3) is 0.407. The number of rotatable bonds is 11. The number of benzene rings is 2. The summed E-state index contributed by atoms with van der Waals surface area (Å²) in [6.07, 6.45) is 4.01. The SMILES string of the molecule is CCCCNC(=O)c1ccccc1NC(=O)c1ccc(NC(=O)[C@@H]2CC(=O)N(CCCC)C2)cc1. The summed E-state index contributed by atoms with van der Waals surface area (Å²) in [6, 6.07) is 13.4. The molecule has 35 heavy (non-hydrogen) atoms. The summed E-state index contributed by atoms with van der Waals surface area (Å²) in [6.45, 7) is 5.83. The van der Waals surface area contributed by atoms with Gasteiger partial charge in [0.15, 0.2) is 0 Å². The maximum atomic E-state index is 12.8. The van der Waals surface area contributed by atoms with Crippen LogP contribution in [0, 0.1) is 5.92 Å². The second-order valence-electron chi connectivity index (χ2n) is 8.77. The van der Waals surface area contributed by atoms with Gasteiger partial charge in [-0.05, 0) is 49.2 Å². The lowest BCUT2D eigenvalue weighted by molar-refractivity contribution is -0.128. The van der Waals surface area contributed by atoms with E-state index in [2.05, 4.69) is 29.8 Å². The van der Waals surface area contributed by atoms with Crippen molar-refractivity contribution in [2.45, 2.75) is 46.0 Å². The Hall–Kier alpha value is -3.68. The van der Waals surface area contributed by atoms with E-state index in [-0.39, 0.29) is 36.0 Å². The molecule has 3 rings (SSSR count). The number of carbonyl (C=O) groups is 4. The summed E-state index contributed by atoms with van der Waals surface area (Å²) in [4.78, 5) is 51.8. The second-order valence-corrected chi connectivity index (χ2v) is 8.77. The third-order valence-corrected chi connectivity index (χ3v) is 6.02. The fourth-order valence-electron chi connectivity index (χ4n) is 3.92. The van der Waals surface area contributed by atoms with Gasteiger partial charge in [-0.1, -0.05) is 38.8 Å². The lowest BCUT2D eigenvalue weighted by atomic mass is 10.1. The van der Waals surface area contributed by atoms with E-state index in [1.807, 2.05) is 0 Å². The predicted octanol–water partition coefficient (Wildman–Crippen LogP) is 4.06. The third kappa shape index (κ3) is 7.15. The number of unbranched alkanes of at least 4 members (excludes halogenated alkanes) is 2. The number of para-hydroxylation sites is 1. The maximum absolute atomic E-state index is 12.8. The molecule has 0 unspecified atom stereocenters. The first-order valence-electron chi connectivity index (χ1n) is 12.3. The van der Waals surface area contributed by atoms with Crippen molar-refractivity contribution in [1.82, 2.24) is 10.2 Å². The number of amides is 4. The number of anilines is 2. The van der Waals surface area contributed by atoms with E-state index in [4.69, 9.17) is 0 Å². The summed E-state index contributed by atoms with van der Waals surface area (Å²) in [5.74, 6) is -1.14. The molecule has 4 amide bonds. The molecule has 0 aromatic heterocycles. The fourth-order valence-corrected chi connectivity index (χ4v) is 3.92. The first kappa shape index (κ1) is 25.9. The zero-order valence-corrected chi connectivity index (χ0v) is 20.4. The Labute approximate surface area is 206 Å². The monoisotopic (exact) mass is 478 g/mol. The number of likely N-dealkylation sites (tertiary alicyclic amines) is 1. The molecular formula is C27H34N4O4. The normalized spacial score (nSPS) is 15.1. The van der Waals surface area contributed by atoms with Gasteiger partial charge < -0.3 is 20.9 Å². The molecule has 1 saturated heterocycles. The van der Waals surface area contributed by atoms with Crippen LogP contribution < -0.4 is 16.0 Å². The van der Waals surface area contributed by atoms with Crippen LogP contribution in [0.3, 0.4) is 0 Å². The topological polar surface area (TPSA) is 108 Å². The number of carbonyl (C=O) groups excluding carboxylic acids is 4. The van der Waals surface area contributed by atoms with Gasteiger partial charge in [-0.3, -0.25) is 19.2 Å². The van der Waals surface area contributed by atoms with E-state index < -0.39 is 0 Å². The van der Waals surface area contributed by atoms with Crippen molar-refractivity contribution in [1.29, 1.82) is 0 Å². The smallest absolute Gasteiger partial charge is 0.255 e. The van der Waals surface area contributed by atoms with E-state index in [9.17, 15) is 19.2 Å². The quantitative estimate of drug-likeness (QED) is 0.423. The molecule has 2 aromatic carbocycles. The van der Waals surface area contributed by atoms with Crippen molar-refractivity contribution in [3.63, 3.8) is 0 Å². The molecule has 0 saturated carbocycles. The molecule has 1 fully saturated rings. The molecule has 8 nitrogen and oxygen atoms in total. The Balaban J connectivity index is 1.58. The average molecular weight is 479 g/mol. The minimum Gasteiger partial charge on any atom is -0.352 e. The zero-order chi connectivity index (χ0) is 25.2. The lowest BCUT2D eigenvalue weighted by Crippen LogP contribution is -2.29. The van der Waals surface area contributed by atoms with Crippen LogP contribution in [0.25, 0.3) is 0 Å². The lowest BCUT2D eigenvalue weighted by Gasteiger charge is -2.16. The molecule has 1 heterocycles. The zero-order valence-electron chi connectivity index (χ0n) is 20.4. The van der Waals surface area contributed by atoms with Gasteiger partial charge in [0.1, 0.15) is 0 Å². The van der Waals surface area contributed by atoms with Crippen LogP contribution in [-0.4, -0.2) is 48.2 Å². The van der Waals surface area contributed by atoms with Crippen LogP contribution in [0.4, 0.5) is 11.4 Å². The Morgan fingerprint density at radius 2 is 1.63 bits per heavy atom. The molecule has 0 bridgehead atoms. The largest absolute Gasteiger partial charge is 0.352 e. The summed E-state index contributed by atoms with van der Waals surface area (Å²) in [7, 11) is 0. The molecular weight excluding hydrogens is 444 g/mol. The minimum atomic E-state index is -0.373. The molecule has 186 valence electrons. The number of hydrogen-bond acceptors (Lipinski definition) is 4. The van der Waals surface area contributed by atoms with Crippen LogP contribution in [0.15, 0.2) is 48.5 Å². The first-order valence-corrected chi connectivity index (χ1v) is 12.3. The minimum absolute atomic E-state index is 0.0185. The van der Waals surface area contributed by atoms with Gasteiger partial charge in [0.25, 0.3) is 11.8 Å². The predicted molar refractivity (Wildman–Crippen MR) is 136 cm³/mol. The molecule has 3 N–H and O–H groups in total. The van der Waals surface area contributed by atoms with Crippen molar-refractivity contribution in [3.05, 3.63) is 59.7 Å². The Kier molecular flexibility index (Phi) is 9.40. The first-order chi connectivity index (χ1) is 16.9. The molecule has 1 aliphatic rings.